The van der Waals surface area contributed by atoms with Gasteiger partial charge < -0.3 is 15.1 Å². The van der Waals surface area contributed by atoms with E-state index in [1.165, 1.54) is 11.3 Å². The molecule has 2 fully saturated rings. The molecule has 1 aromatic heterocycles. The number of piperazine rings is 1. The van der Waals surface area contributed by atoms with Crippen LogP contribution in [0.2, 0.25) is 0 Å². The lowest BCUT2D eigenvalue weighted by atomic mass is 9.90. The van der Waals surface area contributed by atoms with E-state index in [2.05, 4.69) is 19.2 Å². The lowest BCUT2D eigenvalue weighted by molar-refractivity contribution is -0.139. The molecule has 0 saturated carbocycles. The Labute approximate surface area is 197 Å². The van der Waals surface area contributed by atoms with Crippen molar-refractivity contribution >= 4 is 35.1 Å². The summed E-state index contributed by atoms with van der Waals surface area (Å²) in [6.07, 6.45) is 0. The van der Waals surface area contributed by atoms with Crippen LogP contribution in [0.4, 0.5) is 4.79 Å². The number of hydrogen-bond donors (Lipinski definition) is 1. The molecule has 5 amide bonds. The number of hydrogen-bond acceptors (Lipinski definition) is 5. The number of rotatable bonds is 5. The van der Waals surface area contributed by atoms with Crippen LogP contribution in [0.5, 0.6) is 0 Å². The van der Waals surface area contributed by atoms with Crippen LogP contribution in [0.15, 0.2) is 41.8 Å². The van der Waals surface area contributed by atoms with Crippen molar-refractivity contribution in [2.24, 2.45) is 0 Å². The van der Waals surface area contributed by atoms with E-state index in [1.807, 2.05) is 35.7 Å². The smallest absolute Gasteiger partial charge is 0.325 e. The highest BCUT2D eigenvalue weighted by Gasteiger charge is 2.49. The van der Waals surface area contributed by atoms with Crippen LogP contribution in [-0.2, 0) is 15.1 Å². The molecule has 1 aromatic carbocycles. The average molecular weight is 469 g/mol. The molecule has 2 aromatic rings. The fourth-order valence-corrected chi connectivity index (χ4v) is 4.88. The number of imide groups is 1. The van der Waals surface area contributed by atoms with Gasteiger partial charge in [-0.05, 0) is 35.4 Å². The molecule has 0 radical (unpaired) electrons. The Morgan fingerprint density at radius 3 is 2.24 bits per heavy atom. The van der Waals surface area contributed by atoms with Gasteiger partial charge in [-0.1, -0.05) is 44.2 Å². The second-order valence-corrected chi connectivity index (χ2v) is 9.82. The van der Waals surface area contributed by atoms with E-state index in [0.29, 0.717) is 42.5 Å². The minimum Gasteiger partial charge on any atom is -0.338 e. The zero-order chi connectivity index (χ0) is 23.8. The summed E-state index contributed by atoms with van der Waals surface area (Å²) in [5, 5.41) is 4.61. The second kappa shape index (κ2) is 8.97. The van der Waals surface area contributed by atoms with E-state index in [9.17, 15) is 19.2 Å². The van der Waals surface area contributed by atoms with E-state index in [4.69, 9.17) is 0 Å². The highest BCUT2D eigenvalue weighted by Crippen LogP contribution is 2.30. The predicted octanol–water partition coefficient (Wildman–Crippen LogP) is 2.62. The van der Waals surface area contributed by atoms with Crippen molar-refractivity contribution in [1.82, 2.24) is 20.0 Å². The first-order valence-electron chi connectivity index (χ1n) is 11.1. The standard InChI is InChI=1S/C24H28N4O4S/c1-16(2)17-6-8-18(9-7-17)24(3)22(31)28(23(32)25-24)15-20(29)26-10-12-27(13-11-26)21(30)19-5-4-14-33-19/h4-9,14,16H,10-13,15H2,1-3H3,(H,25,32)/t24-/m0/s1. The summed E-state index contributed by atoms with van der Waals surface area (Å²) in [6.45, 7) is 7.10. The summed E-state index contributed by atoms with van der Waals surface area (Å²) >= 11 is 1.39. The van der Waals surface area contributed by atoms with Gasteiger partial charge in [0.05, 0.1) is 4.88 Å². The minimum absolute atomic E-state index is 0.0366. The SMILES string of the molecule is CC(C)c1ccc([C@]2(C)NC(=O)N(CC(=O)N3CCN(C(=O)c4cccs4)CC3)C2=O)cc1. The molecule has 0 aliphatic carbocycles. The van der Waals surface area contributed by atoms with Gasteiger partial charge >= 0.3 is 6.03 Å². The van der Waals surface area contributed by atoms with Gasteiger partial charge in [0.15, 0.2) is 0 Å². The summed E-state index contributed by atoms with van der Waals surface area (Å²) in [5.74, 6) is -0.424. The van der Waals surface area contributed by atoms with Crippen molar-refractivity contribution in [2.45, 2.75) is 32.2 Å². The quantitative estimate of drug-likeness (QED) is 0.683. The Hall–Kier alpha value is -3.20. The normalized spacial score (nSPS) is 21.0. The van der Waals surface area contributed by atoms with Crippen molar-refractivity contribution < 1.29 is 19.2 Å². The van der Waals surface area contributed by atoms with Gasteiger partial charge in [0.1, 0.15) is 12.1 Å². The zero-order valence-electron chi connectivity index (χ0n) is 19.0. The molecule has 3 heterocycles. The molecule has 33 heavy (non-hydrogen) atoms. The van der Waals surface area contributed by atoms with Crippen LogP contribution in [0.1, 0.15) is 47.5 Å². The highest BCUT2D eigenvalue weighted by molar-refractivity contribution is 7.12. The molecule has 1 atom stereocenters. The number of benzene rings is 1. The summed E-state index contributed by atoms with van der Waals surface area (Å²) < 4.78 is 0. The van der Waals surface area contributed by atoms with Crippen LogP contribution in [-0.4, -0.2) is 71.2 Å². The predicted molar refractivity (Wildman–Crippen MR) is 125 cm³/mol. The van der Waals surface area contributed by atoms with E-state index < -0.39 is 17.5 Å². The second-order valence-electron chi connectivity index (χ2n) is 8.87. The fraction of sp³-hybridized carbons (Fsp3) is 0.417. The van der Waals surface area contributed by atoms with E-state index in [0.717, 1.165) is 10.5 Å². The molecular weight excluding hydrogens is 440 g/mol. The lowest BCUT2D eigenvalue weighted by Gasteiger charge is -2.35. The van der Waals surface area contributed by atoms with Crippen molar-refractivity contribution in [1.29, 1.82) is 0 Å². The summed E-state index contributed by atoms with van der Waals surface area (Å²) in [4.78, 5) is 56.1. The Morgan fingerprint density at radius 1 is 1.03 bits per heavy atom. The molecule has 2 aliphatic rings. The average Bonchev–Trinajstić information content (AvgIpc) is 3.42. The van der Waals surface area contributed by atoms with Gasteiger partial charge in [-0.25, -0.2) is 4.79 Å². The number of thiophene rings is 1. The Kier molecular flexibility index (Phi) is 6.25. The fourth-order valence-electron chi connectivity index (χ4n) is 4.19. The number of carbonyl (C=O) groups excluding carboxylic acids is 4. The number of nitrogens with one attached hydrogen (secondary N) is 1. The Bertz CT molecular complexity index is 1060. The zero-order valence-corrected chi connectivity index (χ0v) is 19.9. The molecule has 174 valence electrons. The van der Waals surface area contributed by atoms with Crippen LogP contribution in [0.3, 0.4) is 0 Å². The molecule has 0 spiro atoms. The third-order valence-electron chi connectivity index (χ3n) is 6.37. The maximum Gasteiger partial charge on any atom is 0.325 e. The van der Waals surface area contributed by atoms with Crippen molar-refractivity contribution in [3.63, 3.8) is 0 Å². The molecule has 9 heteroatoms. The van der Waals surface area contributed by atoms with Gasteiger partial charge in [-0.15, -0.1) is 11.3 Å². The number of urea groups is 1. The minimum atomic E-state index is -1.21. The maximum absolute atomic E-state index is 13.2. The first-order valence-corrected chi connectivity index (χ1v) is 11.9. The van der Waals surface area contributed by atoms with E-state index in [1.54, 1.807) is 22.8 Å². The van der Waals surface area contributed by atoms with Gasteiger partial charge in [-0.2, -0.15) is 0 Å². The molecule has 0 unspecified atom stereocenters. The Morgan fingerprint density at radius 2 is 1.67 bits per heavy atom. The van der Waals surface area contributed by atoms with Crippen LogP contribution in [0, 0.1) is 0 Å². The van der Waals surface area contributed by atoms with Crippen molar-refractivity contribution in [2.75, 3.05) is 32.7 Å². The first-order chi connectivity index (χ1) is 15.7. The molecule has 4 rings (SSSR count). The summed E-state index contributed by atoms with van der Waals surface area (Å²) in [7, 11) is 0. The van der Waals surface area contributed by atoms with Gasteiger partial charge in [0.2, 0.25) is 5.91 Å². The first kappa shape index (κ1) is 23.0. The summed E-state index contributed by atoms with van der Waals surface area (Å²) in [5.41, 5.74) is 0.613. The van der Waals surface area contributed by atoms with Crippen molar-refractivity contribution in [3.8, 4) is 0 Å². The maximum atomic E-state index is 13.2. The third-order valence-corrected chi connectivity index (χ3v) is 7.23. The van der Waals surface area contributed by atoms with Crippen molar-refractivity contribution in [3.05, 3.63) is 57.8 Å². The molecule has 2 aliphatic heterocycles. The summed E-state index contributed by atoms with van der Waals surface area (Å²) in [6, 6.07) is 10.7. The molecule has 2 saturated heterocycles. The largest absolute Gasteiger partial charge is 0.338 e. The van der Waals surface area contributed by atoms with Crippen LogP contribution < -0.4 is 5.32 Å². The Balaban J connectivity index is 1.38. The van der Waals surface area contributed by atoms with Gasteiger partial charge in [0, 0.05) is 26.2 Å². The molecule has 0 bridgehead atoms. The molecule has 1 N–H and O–H groups in total. The molecule has 8 nitrogen and oxygen atoms in total. The number of nitrogens with zero attached hydrogens (tertiary/aromatic N) is 3. The lowest BCUT2D eigenvalue weighted by Crippen LogP contribution is -2.53. The highest BCUT2D eigenvalue weighted by atomic mass is 32.1. The van der Waals surface area contributed by atoms with Crippen LogP contribution >= 0.6 is 11.3 Å². The van der Waals surface area contributed by atoms with E-state index >= 15 is 0 Å². The molecular formula is C24H28N4O4S. The topological polar surface area (TPSA) is 90.0 Å². The van der Waals surface area contributed by atoms with Gasteiger partial charge in [-0.3, -0.25) is 19.3 Å². The third kappa shape index (κ3) is 4.37. The number of carbonyl (C=O) groups is 4. The van der Waals surface area contributed by atoms with Crippen LogP contribution in [0.25, 0.3) is 0 Å². The van der Waals surface area contributed by atoms with Gasteiger partial charge in [0.25, 0.3) is 11.8 Å². The van der Waals surface area contributed by atoms with E-state index in [-0.39, 0.29) is 18.4 Å². The number of amides is 5. The monoisotopic (exact) mass is 468 g/mol.